The maximum atomic E-state index is 12.4. The van der Waals surface area contributed by atoms with E-state index in [4.69, 9.17) is 18.6 Å². The molecule has 0 aliphatic carbocycles. The van der Waals surface area contributed by atoms with Crippen molar-refractivity contribution < 1.29 is 23.4 Å². The van der Waals surface area contributed by atoms with Gasteiger partial charge in [-0.25, -0.2) is 4.98 Å². The quantitative estimate of drug-likeness (QED) is 0.765. The molecular formula is C19H25N3O5. The number of rotatable bonds is 7. The number of methoxy groups -OCH3 is 3. The van der Waals surface area contributed by atoms with E-state index in [2.05, 4.69) is 15.6 Å². The van der Waals surface area contributed by atoms with Gasteiger partial charge in [-0.15, -0.1) is 0 Å². The van der Waals surface area contributed by atoms with Gasteiger partial charge in [-0.2, -0.15) is 0 Å². The van der Waals surface area contributed by atoms with Gasteiger partial charge in [0.05, 0.1) is 21.3 Å². The normalized spacial score (nSPS) is 14.6. The predicted molar refractivity (Wildman–Crippen MR) is 98.6 cm³/mol. The van der Waals surface area contributed by atoms with E-state index >= 15 is 0 Å². The summed E-state index contributed by atoms with van der Waals surface area (Å²) in [4.78, 5) is 16.8. The van der Waals surface area contributed by atoms with Crippen LogP contribution < -0.4 is 24.8 Å². The maximum Gasteiger partial charge on any atom is 0.273 e. The first-order valence-electron chi connectivity index (χ1n) is 8.89. The summed E-state index contributed by atoms with van der Waals surface area (Å²) in [5, 5.41) is 6.15. The molecule has 8 nitrogen and oxygen atoms in total. The number of hydrogen-bond donors (Lipinski definition) is 2. The summed E-state index contributed by atoms with van der Waals surface area (Å²) in [5.74, 6) is 2.20. The molecule has 0 radical (unpaired) electrons. The molecule has 0 atom stereocenters. The summed E-state index contributed by atoms with van der Waals surface area (Å²) in [6, 6.07) is 3.59. The molecule has 0 spiro atoms. The molecule has 2 N–H and O–H groups in total. The molecule has 1 amide bonds. The molecule has 0 unspecified atom stereocenters. The fourth-order valence-corrected chi connectivity index (χ4v) is 3.16. The van der Waals surface area contributed by atoms with Crippen molar-refractivity contribution in [1.29, 1.82) is 0 Å². The largest absolute Gasteiger partial charge is 0.493 e. The summed E-state index contributed by atoms with van der Waals surface area (Å²) >= 11 is 0. The van der Waals surface area contributed by atoms with E-state index in [0.29, 0.717) is 29.7 Å². The topological polar surface area (TPSA) is 94.9 Å². The third-order valence-corrected chi connectivity index (χ3v) is 4.62. The summed E-state index contributed by atoms with van der Waals surface area (Å²) in [6.45, 7) is 2.18. The van der Waals surface area contributed by atoms with Crippen molar-refractivity contribution in [3.63, 3.8) is 0 Å². The highest BCUT2D eigenvalue weighted by molar-refractivity contribution is 5.91. The van der Waals surface area contributed by atoms with Crippen LogP contribution in [0.2, 0.25) is 0 Å². The number of hydrogen-bond acceptors (Lipinski definition) is 7. The van der Waals surface area contributed by atoms with Crippen LogP contribution in [0, 0.1) is 0 Å². The first-order valence-corrected chi connectivity index (χ1v) is 8.89. The number of oxazole rings is 1. The van der Waals surface area contributed by atoms with Crippen LogP contribution in [0.3, 0.4) is 0 Å². The molecular weight excluding hydrogens is 350 g/mol. The Labute approximate surface area is 158 Å². The molecule has 0 saturated carbocycles. The van der Waals surface area contributed by atoms with Gasteiger partial charge in [-0.05, 0) is 43.6 Å². The Bertz CT molecular complexity index is 758. The van der Waals surface area contributed by atoms with Gasteiger partial charge in [0.1, 0.15) is 6.26 Å². The fourth-order valence-electron chi connectivity index (χ4n) is 3.16. The molecule has 8 heteroatoms. The minimum atomic E-state index is -0.285. The average Bonchev–Trinajstić information content (AvgIpc) is 3.22. The number of nitrogens with one attached hydrogen (secondary N) is 2. The minimum Gasteiger partial charge on any atom is -0.493 e. The van der Waals surface area contributed by atoms with Crippen LogP contribution >= 0.6 is 0 Å². The zero-order valence-corrected chi connectivity index (χ0v) is 15.8. The van der Waals surface area contributed by atoms with Crippen molar-refractivity contribution in [1.82, 2.24) is 15.6 Å². The number of nitrogens with zero attached hydrogens (tertiary/aromatic N) is 1. The Morgan fingerprint density at radius 3 is 2.44 bits per heavy atom. The number of benzene rings is 1. The highest BCUT2D eigenvalue weighted by Crippen LogP contribution is 2.38. The van der Waals surface area contributed by atoms with Gasteiger partial charge in [0.25, 0.3) is 5.91 Å². The number of piperidine rings is 1. The second kappa shape index (κ2) is 8.77. The van der Waals surface area contributed by atoms with Crippen molar-refractivity contribution in [3.8, 4) is 17.2 Å². The van der Waals surface area contributed by atoms with E-state index < -0.39 is 0 Å². The summed E-state index contributed by atoms with van der Waals surface area (Å²) < 4.78 is 21.5. The van der Waals surface area contributed by atoms with E-state index in [-0.39, 0.29) is 17.5 Å². The summed E-state index contributed by atoms with van der Waals surface area (Å²) in [7, 11) is 4.65. The number of carbonyl (C=O) groups excluding carboxylic acids is 1. The van der Waals surface area contributed by atoms with Gasteiger partial charge >= 0.3 is 0 Å². The van der Waals surface area contributed by atoms with Gasteiger partial charge in [0.15, 0.2) is 23.1 Å². The molecule has 1 saturated heterocycles. The van der Waals surface area contributed by atoms with Crippen LogP contribution in [0.4, 0.5) is 0 Å². The van der Waals surface area contributed by atoms with Crippen LogP contribution in [-0.4, -0.2) is 45.3 Å². The summed E-state index contributed by atoms with van der Waals surface area (Å²) in [5.41, 5.74) is 1.11. The first kappa shape index (κ1) is 19.0. The first-order chi connectivity index (χ1) is 13.2. The number of ether oxygens (including phenoxy) is 3. The summed E-state index contributed by atoms with van der Waals surface area (Å²) in [6.07, 6.45) is 3.35. The molecule has 3 rings (SSSR count). The molecule has 1 aromatic heterocycles. The van der Waals surface area contributed by atoms with Crippen LogP contribution in [0.5, 0.6) is 17.2 Å². The zero-order chi connectivity index (χ0) is 19.2. The van der Waals surface area contributed by atoms with E-state index in [0.717, 1.165) is 31.5 Å². The van der Waals surface area contributed by atoms with Gasteiger partial charge in [0.2, 0.25) is 5.75 Å². The van der Waals surface area contributed by atoms with Gasteiger partial charge in [0, 0.05) is 12.5 Å². The lowest BCUT2D eigenvalue weighted by atomic mass is 9.98. The van der Waals surface area contributed by atoms with Crippen molar-refractivity contribution in [2.75, 3.05) is 34.4 Å². The molecule has 1 aliphatic heterocycles. The molecule has 1 aromatic carbocycles. The van der Waals surface area contributed by atoms with Crippen molar-refractivity contribution >= 4 is 5.91 Å². The third-order valence-electron chi connectivity index (χ3n) is 4.62. The third kappa shape index (κ3) is 4.33. The van der Waals surface area contributed by atoms with Gasteiger partial charge < -0.3 is 29.3 Å². The minimum absolute atomic E-state index is 0.267. The van der Waals surface area contributed by atoms with Crippen molar-refractivity contribution in [2.24, 2.45) is 0 Å². The fraction of sp³-hybridized carbons (Fsp3) is 0.474. The van der Waals surface area contributed by atoms with E-state index in [1.807, 2.05) is 0 Å². The van der Waals surface area contributed by atoms with Gasteiger partial charge in [-0.1, -0.05) is 0 Å². The lowest BCUT2D eigenvalue weighted by Gasteiger charge is -2.19. The molecule has 1 fully saturated rings. The smallest absolute Gasteiger partial charge is 0.273 e. The standard InChI is InChI=1S/C19H25N3O5/c1-24-15-8-12(9-16(25-2)17(15)26-3)10-21-18(23)14-11-27-19(22-14)13-4-6-20-7-5-13/h8-9,11,13,20H,4-7,10H2,1-3H3,(H,21,23). The number of amides is 1. The molecule has 2 heterocycles. The van der Waals surface area contributed by atoms with Gasteiger partial charge in [-0.3, -0.25) is 4.79 Å². The number of carbonyl (C=O) groups is 1. The van der Waals surface area contributed by atoms with E-state index in [1.165, 1.54) is 6.26 Å². The van der Waals surface area contributed by atoms with Crippen LogP contribution in [0.25, 0.3) is 0 Å². The Morgan fingerprint density at radius 1 is 1.19 bits per heavy atom. The highest BCUT2D eigenvalue weighted by Gasteiger charge is 2.22. The second-order valence-corrected chi connectivity index (χ2v) is 6.31. The second-order valence-electron chi connectivity index (χ2n) is 6.31. The van der Waals surface area contributed by atoms with Crippen LogP contribution in [0.1, 0.15) is 40.7 Å². The highest BCUT2D eigenvalue weighted by atomic mass is 16.5. The van der Waals surface area contributed by atoms with E-state index in [1.54, 1.807) is 33.5 Å². The predicted octanol–water partition coefficient (Wildman–Crippen LogP) is 2.10. The molecule has 2 aromatic rings. The zero-order valence-electron chi connectivity index (χ0n) is 15.8. The lowest BCUT2D eigenvalue weighted by molar-refractivity contribution is 0.0945. The molecule has 27 heavy (non-hydrogen) atoms. The molecule has 1 aliphatic rings. The Balaban J connectivity index is 1.66. The van der Waals surface area contributed by atoms with Crippen molar-refractivity contribution in [3.05, 3.63) is 35.5 Å². The van der Waals surface area contributed by atoms with Crippen LogP contribution in [0.15, 0.2) is 22.8 Å². The maximum absolute atomic E-state index is 12.4. The Hall–Kier alpha value is -2.74. The monoisotopic (exact) mass is 375 g/mol. The SMILES string of the molecule is COc1cc(CNC(=O)c2coc(C3CCNCC3)n2)cc(OC)c1OC. The van der Waals surface area contributed by atoms with Crippen LogP contribution in [-0.2, 0) is 6.54 Å². The average molecular weight is 375 g/mol. The lowest BCUT2D eigenvalue weighted by Crippen LogP contribution is -2.27. The molecule has 0 bridgehead atoms. The Kier molecular flexibility index (Phi) is 6.18. The Morgan fingerprint density at radius 2 is 1.85 bits per heavy atom. The molecule has 146 valence electrons. The van der Waals surface area contributed by atoms with Crippen molar-refractivity contribution in [2.45, 2.75) is 25.3 Å². The van der Waals surface area contributed by atoms with E-state index in [9.17, 15) is 4.79 Å². The number of aromatic nitrogens is 1.